The molecule has 1 fully saturated rings. The fraction of sp³-hybridized carbons (Fsp3) is 0.500. The lowest BCUT2D eigenvalue weighted by molar-refractivity contribution is 0.0489. The van der Waals surface area contributed by atoms with Gasteiger partial charge in [-0.3, -0.25) is 4.90 Å². The number of carbonyl (C=O) groups is 1. The van der Waals surface area contributed by atoms with Gasteiger partial charge in [-0.05, 0) is 45.3 Å². The summed E-state index contributed by atoms with van der Waals surface area (Å²) in [5, 5.41) is 1.04. The number of likely N-dealkylation sites (tertiary alicyclic amines) is 1. The molecule has 1 aliphatic heterocycles. The third-order valence-electron chi connectivity index (χ3n) is 4.31. The number of piperidine rings is 1. The van der Waals surface area contributed by atoms with Crippen molar-refractivity contribution in [1.82, 2.24) is 4.90 Å². The minimum absolute atomic E-state index is 0.356. The number of rotatable bonds is 4. The zero-order valence-electron chi connectivity index (χ0n) is 13.4. The molecule has 2 aromatic rings. The van der Waals surface area contributed by atoms with Crippen LogP contribution in [-0.4, -0.2) is 30.6 Å². The molecular weight excluding hydrogens is 278 g/mol. The number of carbonyl (C=O) groups excluding carboxylic acids is 1. The minimum atomic E-state index is -0.356. The minimum Gasteiger partial charge on any atom is -0.460 e. The number of benzene rings is 1. The molecule has 0 N–H and O–H groups in total. The summed E-state index contributed by atoms with van der Waals surface area (Å²) in [4.78, 5) is 14.7. The van der Waals surface area contributed by atoms with Crippen LogP contribution in [0, 0.1) is 6.92 Å². The number of hydrogen-bond acceptors (Lipinski definition) is 4. The SMILES string of the molecule is CCOC(=O)c1oc2c(C)cccc2c1CN1CCCCC1. The third kappa shape index (κ3) is 2.88. The summed E-state index contributed by atoms with van der Waals surface area (Å²) in [6.07, 6.45) is 3.75. The molecule has 0 amide bonds. The normalized spacial score (nSPS) is 16.1. The van der Waals surface area contributed by atoms with E-state index in [1.54, 1.807) is 0 Å². The predicted molar refractivity (Wildman–Crippen MR) is 86.0 cm³/mol. The highest BCUT2D eigenvalue weighted by Crippen LogP contribution is 2.30. The molecular formula is C18H23NO3. The van der Waals surface area contributed by atoms with Gasteiger partial charge in [-0.1, -0.05) is 24.6 Å². The third-order valence-corrected chi connectivity index (χ3v) is 4.31. The van der Waals surface area contributed by atoms with Crippen LogP contribution in [-0.2, 0) is 11.3 Å². The smallest absolute Gasteiger partial charge is 0.374 e. The molecule has 0 atom stereocenters. The van der Waals surface area contributed by atoms with E-state index in [0.29, 0.717) is 12.4 Å². The first-order valence-electron chi connectivity index (χ1n) is 8.11. The fourth-order valence-electron chi connectivity index (χ4n) is 3.17. The summed E-state index contributed by atoms with van der Waals surface area (Å²) in [7, 11) is 0. The molecule has 2 heterocycles. The van der Waals surface area contributed by atoms with Crippen molar-refractivity contribution in [2.45, 2.75) is 39.7 Å². The second kappa shape index (κ2) is 6.53. The zero-order valence-corrected chi connectivity index (χ0v) is 13.4. The van der Waals surface area contributed by atoms with E-state index in [9.17, 15) is 4.79 Å². The van der Waals surface area contributed by atoms with Crippen LogP contribution in [0.1, 0.15) is 47.9 Å². The van der Waals surface area contributed by atoms with E-state index in [4.69, 9.17) is 9.15 Å². The van der Waals surface area contributed by atoms with Crippen LogP contribution < -0.4 is 0 Å². The quantitative estimate of drug-likeness (QED) is 0.803. The summed E-state index contributed by atoms with van der Waals surface area (Å²) < 4.78 is 11.1. The first-order chi connectivity index (χ1) is 10.7. The molecule has 22 heavy (non-hydrogen) atoms. The Balaban J connectivity index is 2.01. The summed E-state index contributed by atoms with van der Waals surface area (Å²) >= 11 is 0. The van der Waals surface area contributed by atoms with Gasteiger partial charge in [0.05, 0.1) is 6.61 Å². The first kappa shape index (κ1) is 15.1. The van der Waals surface area contributed by atoms with E-state index in [1.807, 2.05) is 32.0 Å². The maximum atomic E-state index is 12.3. The molecule has 3 rings (SSSR count). The number of hydrogen-bond donors (Lipinski definition) is 0. The van der Waals surface area contributed by atoms with Gasteiger partial charge in [0.15, 0.2) is 0 Å². The molecule has 0 unspecified atom stereocenters. The van der Waals surface area contributed by atoms with Crippen molar-refractivity contribution < 1.29 is 13.9 Å². The van der Waals surface area contributed by atoms with E-state index in [2.05, 4.69) is 4.90 Å². The Morgan fingerprint density at radius 3 is 2.77 bits per heavy atom. The van der Waals surface area contributed by atoms with Crippen molar-refractivity contribution in [2.24, 2.45) is 0 Å². The monoisotopic (exact) mass is 301 g/mol. The highest BCUT2D eigenvalue weighted by atomic mass is 16.5. The van der Waals surface area contributed by atoms with E-state index in [-0.39, 0.29) is 5.97 Å². The maximum absolute atomic E-state index is 12.3. The van der Waals surface area contributed by atoms with Crippen LogP contribution in [0.2, 0.25) is 0 Å². The van der Waals surface area contributed by atoms with Crippen LogP contribution in [0.15, 0.2) is 22.6 Å². The predicted octanol–water partition coefficient (Wildman–Crippen LogP) is 3.90. The van der Waals surface area contributed by atoms with Gasteiger partial charge in [-0.15, -0.1) is 0 Å². The lowest BCUT2D eigenvalue weighted by Gasteiger charge is -2.26. The Morgan fingerprint density at radius 2 is 2.05 bits per heavy atom. The number of para-hydroxylation sites is 1. The van der Waals surface area contributed by atoms with Gasteiger partial charge in [0.1, 0.15) is 5.58 Å². The van der Waals surface area contributed by atoms with Crippen molar-refractivity contribution in [2.75, 3.05) is 19.7 Å². The number of esters is 1. The largest absolute Gasteiger partial charge is 0.460 e. The van der Waals surface area contributed by atoms with Crippen molar-refractivity contribution in [3.05, 3.63) is 35.1 Å². The average Bonchev–Trinajstić information content (AvgIpc) is 2.89. The lowest BCUT2D eigenvalue weighted by atomic mass is 10.1. The second-order valence-corrected chi connectivity index (χ2v) is 5.92. The van der Waals surface area contributed by atoms with Gasteiger partial charge < -0.3 is 9.15 Å². The van der Waals surface area contributed by atoms with Crippen molar-refractivity contribution in [3.63, 3.8) is 0 Å². The van der Waals surface area contributed by atoms with Crippen LogP contribution in [0.3, 0.4) is 0 Å². The molecule has 1 saturated heterocycles. The Bertz CT molecular complexity index is 668. The Kier molecular flexibility index (Phi) is 4.48. The van der Waals surface area contributed by atoms with Crippen molar-refractivity contribution in [3.8, 4) is 0 Å². The highest BCUT2D eigenvalue weighted by Gasteiger charge is 2.24. The van der Waals surface area contributed by atoms with Crippen LogP contribution in [0.4, 0.5) is 0 Å². The molecule has 0 saturated carbocycles. The fourth-order valence-corrected chi connectivity index (χ4v) is 3.17. The van der Waals surface area contributed by atoms with E-state index >= 15 is 0 Å². The van der Waals surface area contributed by atoms with Gasteiger partial charge >= 0.3 is 5.97 Å². The Labute approximate surface area is 131 Å². The van der Waals surface area contributed by atoms with Crippen LogP contribution in [0.5, 0.6) is 0 Å². The van der Waals surface area contributed by atoms with E-state index < -0.39 is 0 Å². The Hall–Kier alpha value is -1.81. The molecule has 4 nitrogen and oxygen atoms in total. The highest BCUT2D eigenvalue weighted by molar-refractivity contribution is 5.96. The molecule has 0 aliphatic carbocycles. The Morgan fingerprint density at radius 1 is 1.27 bits per heavy atom. The maximum Gasteiger partial charge on any atom is 0.374 e. The van der Waals surface area contributed by atoms with Crippen molar-refractivity contribution >= 4 is 16.9 Å². The number of furan rings is 1. The van der Waals surface area contributed by atoms with Gasteiger partial charge in [-0.25, -0.2) is 4.79 Å². The molecule has 1 aliphatic rings. The van der Waals surface area contributed by atoms with Gasteiger partial charge in [-0.2, -0.15) is 0 Å². The zero-order chi connectivity index (χ0) is 15.5. The molecule has 118 valence electrons. The molecule has 1 aromatic carbocycles. The first-order valence-corrected chi connectivity index (χ1v) is 8.11. The number of nitrogens with zero attached hydrogens (tertiary/aromatic N) is 1. The number of fused-ring (bicyclic) bond motifs is 1. The van der Waals surface area contributed by atoms with Crippen LogP contribution >= 0.6 is 0 Å². The summed E-state index contributed by atoms with van der Waals surface area (Å²) in [5.41, 5.74) is 2.82. The average molecular weight is 301 g/mol. The van der Waals surface area contributed by atoms with Gasteiger partial charge in [0.2, 0.25) is 5.76 Å². The van der Waals surface area contributed by atoms with Crippen LogP contribution in [0.25, 0.3) is 11.0 Å². The molecule has 1 aromatic heterocycles. The molecule has 4 heteroatoms. The topological polar surface area (TPSA) is 42.7 Å². The molecule has 0 radical (unpaired) electrons. The lowest BCUT2D eigenvalue weighted by Crippen LogP contribution is -2.29. The summed E-state index contributed by atoms with van der Waals surface area (Å²) in [5.74, 6) is 0.0156. The number of aryl methyl sites for hydroxylation is 1. The summed E-state index contributed by atoms with van der Waals surface area (Å²) in [6.45, 7) is 7.10. The number of ether oxygens (including phenoxy) is 1. The molecule has 0 spiro atoms. The van der Waals surface area contributed by atoms with Gasteiger partial charge in [0.25, 0.3) is 0 Å². The van der Waals surface area contributed by atoms with Gasteiger partial charge in [0, 0.05) is 17.5 Å². The standard InChI is InChI=1S/C18H23NO3/c1-3-21-18(20)17-15(12-19-10-5-4-6-11-19)14-9-7-8-13(2)16(14)22-17/h7-9H,3-6,10-12H2,1-2H3. The van der Waals surface area contributed by atoms with E-state index in [0.717, 1.165) is 41.7 Å². The second-order valence-electron chi connectivity index (χ2n) is 5.92. The van der Waals surface area contributed by atoms with E-state index in [1.165, 1.54) is 19.3 Å². The molecule has 0 bridgehead atoms. The summed E-state index contributed by atoms with van der Waals surface area (Å²) in [6, 6.07) is 6.06. The van der Waals surface area contributed by atoms with Crippen molar-refractivity contribution in [1.29, 1.82) is 0 Å².